The van der Waals surface area contributed by atoms with E-state index in [0.717, 1.165) is 4.90 Å². The van der Waals surface area contributed by atoms with E-state index < -0.39 is 5.82 Å². The van der Waals surface area contributed by atoms with E-state index in [-0.39, 0.29) is 17.7 Å². The van der Waals surface area contributed by atoms with E-state index in [2.05, 4.69) is 16.0 Å². The van der Waals surface area contributed by atoms with Crippen LogP contribution in [0.1, 0.15) is 27.1 Å². The molecule has 0 radical (unpaired) electrons. The zero-order valence-electron chi connectivity index (χ0n) is 17.8. The zero-order valence-corrected chi connectivity index (χ0v) is 18.7. The summed E-state index contributed by atoms with van der Waals surface area (Å²) in [5, 5.41) is 8.23. The highest BCUT2D eigenvalue weighted by atomic mass is 32.2. The van der Waals surface area contributed by atoms with Crippen molar-refractivity contribution in [1.29, 1.82) is 0 Å². The summed E-state index contributed by atoms with van der Waals surface area (Å²) < 4.78 is 13.0. The average molecular weight is 466 g/mol. The molecule has 0 saturated carbocycles. The number of rotatable bonds is 10. The first-order chi connectivity index (χ1) is 16.0. The Balaban J connectivity index is 1.34. The van der Waals surface area contributed by atoms with Gasteiger partial charge in [-0.15, -0.1) is 11.8 Å². The number of anilines is 1. The van der Waals surface area contributed by atoms with E-state index in [1.807, 2.05) is 30.3 Å². The second-order valence-corrected chi connectivity index (χ2v) is 8.22. The van der Waals surface area contributed by atoms with Crippen LogP contribution in [-0.2, 0) is 4.79 Å². The van der Waals surface area contributed by atoms with Crippen molar-refractivity contribution in [3.63, 3.8) is 0 Å². The lowest BCUT2D eigenvalue weighted by atomic mass is 10.1. The molecular formula is C25H24FN3O3S. The summed E-state index contributed by atoms with van der Waals surface area (Å²) in [4.78, 5) is 37.4. The van der Waals surface area contributed by atoms with Gasteiger partial charge in [0.1, 0.15) is 5.82 Å². The Bertz CT molecular complexity index is 1070. The Morgan fingerprint density at radius 3 is 2.03 bits per heavy atom. The third kappa shape index (κ3) is 8.08. The molecule has 0 bridgehead atoms. The minimum atomic E-state index is -0.413. The smallest absolute Gasteiger partial charge is 0.255 e. The molecule has 3 rings (SSSR count). The van der Waals surface area contributed by atoms with Crippen molar-refractivity contribution in [1.82, 2.24) is 10.6 Å². The van der Waals surface area contributed by atoms with Gasteiger partial charge in [0.25, 0.3) is 11.8 Å². The fraction of sp³-hybridized carbons (Fsp3) is 0.160. The molecule has 3 N–H and O–H groups in total. The first kappa shape index (κ1) is 24.0. The molecule has 3 amide bonds. The largest absolute Gasteiger partial charge is 0.354 e. The molecule has 3 aromatic carbocycles. The second kappa shape index (κ2) is 12.4. The summed E-state index contributed by atoms with van der Waals surface area (Å²) in [6.45, 7) is 0.645. The molecule has 0 fully saturated rings. The van der Waals surface area contributed by atoms with Gasteiger partial charge >= 0.3 is 0 Å². The van der Waals surface area contributed by atoms with E-state index in [1.54, 1.807) is 36.0 Å². The van der Waals surface area contributed by atoms with Gasteiger partial charge in [0.05, 0.1) is 0 Å². The number of hydrogen-bond donors (Lipinski definition) is 3. The Morgan fingerprint density at radius 1 is 0.727 bits per heavy atom. The molecule has 0 spiro atoms. The lowest BCUT2D eigenvalue weighted by Crippen LogP contribution is -2.34. The third-order valence-electron chi connectivity index (χ3n) is 4.59. The number of halogens is 1. The first-order valence-corrected chi connectivity index (χ1v) is 11.4. The lowest BCUT2D eigenvalue weighted by Gasteiger charge is -2.09. The predicted molar refractivity (Wildman–Crippen MR) is 128 cm³/mol. The van der Waals surface area contributed by atoms with Gasteiger partial charge in [-0.3, -0.25) is 14.4 Å². The van der Waals surface area contributed by atoms with Gasteiger partial charge in [0, 0.05) is 47.0 Å². The number of nitrogens with one attached hydrogen (secondary N) is 3. The minimum Gasteiger partial charge on any atom is -0.354 e. The summed E-state index contributed by atoms with van der Waals surface area (Å²) in [5.41, 5.74) is 1.28. The normalized spacial score (nSPS) is 10.3. The van der Waals surface area contributed by atoms with E-state index in [1.165, 1.54) is 24.3 Å². The van der Waals surface area contributed by atoms with Crippen LogP contribution in [0, 0.1) is 5.82 Å². The Morgan fingerprint density at radius 2 is 1.33 bits per heavy atom. The molecule has 0 heterocycles. The molecule has 33 heavy (non-hydrogen) atoms. The highest BCUT2D eigenvalue weighted by molar-refractivity contribution is 7.99. The summed E-state index contributed by atoms with van der Waals surface area (Å²) in [5.74, 6) is -0.436. The number of carbonyl (C=O) groups is 3. The number of hydrogen-bond acceptors (Lipinski definition) is 4. The second-order valence-electron chi connectivity index (χ2n) is 7.06. The van der Waals surface area contributed by atoms with Crippen molar-refractivity contribution >= 4 is 35.2 Å². The molecule has 0 unspecified atom stereocenters. The van der Waals surface area contributed by atoms with Gasteiger partial charge < -0.3 is 16.0 Å². The molecule has 0 aliphatic heterocycles. The molecule has 0 aliphatic rings. The van der Waals surface area contributed by atoms with E-state index in [0.29, 0.717) is 42.1 Å². The number of amides is 3. The Labute approximate surface area is 196 Å². The molecule has 170 valence electrons. The van der Waals surface area contributed by atoms with Gasteiger partial charge in [-0.05, 0) is 60.7 Å². The molecular weight excluding hydrogens is 441 g/mol. The van der Waals surface area contributed by atoms with Crippen molar-refractivity contribution < 1.29 is 18.8 Å². The van der Waals surface area contributed by atoms with Crippen molar-refractivity contribution in [2.75, 3.05) is 24.2 Å². The topological polar surface area (TPSA) is 87.3 Å². The molecule has 0 saturated heterocycles. The summed E-state index contributed by atoms with van der Waals surface area (Å²) in [7, 11) is 0. The highest BCUT2D eigenvalue weighted by Gasteiger charge is 2.09. The monoisotopic (exact) mass is 465 g/mol. The van der Waals surface area contributed by atoms with Crippen molar-refractivity contribution in [3.05, 3.63) is 95.8 Å². The van der Waals surface area contributed by atoms with E-state index >= 15 is 0 Å². The molecule has 0 aromatic heterocycles. The molecule has 0 atom stereocenters. The van der Waals surface area contributed by atoms with Crippen LogP contribution in [0.4, 0.5) is 10.1 Å². The van der Waals surface area contributed by atoms with Gasteiger partial charge in [0.2, 0.25) is 5.91 Å². The molecule has 8 heteroatoms. The zero-order chi connectivity index (χ0) is 23.5. The number of thioether (sulfide) groups is 1. The van der Waals surface area contributed by atoms with E-state index in [4.69, 9.17) is 0 Å². The van der Waals surface area contributed by atoms with Crippen LogP contribution in [0.3, 0.4) is 0 Å². The Kier molecular flexibility index (Phi) is 9.02. The lowest BCUT2D eigenvalue weighted by molar-refractivity contribution is -0.120. The van der Waals surface area contributed by atoms with Gasteiger partial charge in [-0.2, -0.15) is 0 Å². The summed E-state index contributed by atoms with van der Waals surface area (Å²) >= 11 is 1.62. The SMILES string of the molecule is O=C(CCSc1ccccc1)NCCNC(=O)c1ccc(NC(=O)c2ccc(F)cc2)cc1. The van der Waals surface area contributed by atoms with Gasteiger partial charge in [-0.25, -0.2) is 4.39 Å². The first-order valence-electron chi connectivity index (χ1n) is 10.4. The quantitative estimate of drug-likeness (QED) is 0.311. The van der Waals surface area contributed by atoms with Gasteiger partial charge in [0.15, 0.2) is 0 Å². The average Bonchev–Trinajstić information content (AvgIpc) is 2.83. The van der Waals surface area contributed by atoms with Crippen molar-refractivity contribution in [2.45, 2.75) is 11.3 Å². The van der Waals surface area contributed by atoms with Crippen molar-refractivity contribution in [3.8, 4) is 0 Å². The van der Waals surface area contributed by atoms with Crippen molar-refractivity contribution in [2.24, 2.45) is 0 Å². The summed E-state index contributed by atoms with van der Waals surface area (Å²) in [6, 6.07) is 21.5. The van der Waals surface area contributed by atoms with Crippen LogP contribution in [0.2, 0.25) is 0 Å². The maximum absolute atomic E-state index is 13.0. The fourth-order valence-electron chi connectivity index (χ4n) is 2.86. The van der Waals surface area contributed by atoms with E-state index in [9.17, 15) is 18.8 Å². The highest BCUT2D eigenvalue weighted by Crippen LogP contribution is 2.17. The van der Waals surface area contributed by atoms with Crippen LogP contribution in [0.25, 0.3) is 0 Å². The van der Waals surface area contributed by atoms with Crippen LogP contribution in [0.15, 0.2) is 83.8 Å². The number of carbonyl (C=O) groups excluding carboxylic acids is 3. The van der Waals surface area contributed by atoms with Crippen LogP contribution < -0.4 is 16.0 Å². The van der Waals surface area contributed by atoms with Crippen LogP contribution in [0.5, 0.6) is 0 Å². The molecule has 3 aromatic rings. The van der Waals surface area contributed by atoms with Gasteiger partial charge in [-0.1, -0.05) is 18.2 Å². The standard InChI is InChI=1S/C25H24FN3O3S/c26-20-10-6-19(7-11-20)25(32)29-21-12-8-18(9-13-21)24(31)28-16-15-27-23(30)14-17-33-22-4-2-1-3-5-22/h1-13H,14-17H2,(H,27,30)(H,28,31)(H,29,32). The maximum atomic E-state index is 13.0. The third-order valence-corrected chi connectivity index (χ3v) is 5.60. The fourth-order valence-corrected chi connectivity index (χ4v) is 3.73. The predicted octanol–water partition coefficient (Wildman–Crippen LogP) is 4.11. The van der Waals surface area contributed by atoms with Crippen LogP contribution in [-0.4, -0.2) is 36.6 Å². The maximum Gasteiger partial charge on any atom is 0.255 e. The Hall–Kier alpha value is -3.65. The van der Waals surface area contributed by atoms with Crippen LogP contribution >= 0.6 is 11.8 Å². The minimum absolute atomic E-state index is 0.0612. The molecule has 6 nitrogen and oxygen atoms in total. The molecule has 0 aliphatic carbocycles. The summed E-state index contributed by atoms with van der Waals surface area (Å²) in [6.07, 6.45) is 0.401. The number of benzene rings is 3.